The van der Waals surface area contributed by atoms with E-state index in [0.29, 0.717) is 18.4 Å². The number of hydrogen-bond acceptors (Lipinski definition) is 9. The van der Waals surface area contributed by atoms with E-state index in [2.05, 4.69) is 5.32 Å². The van der Waals surface area contributed by atoms with E-state index in [0.717, 1.165) is 30.4 Å². The minimum absolute atomic E-state index is 0.0123. The van der Waals surface area contributed by atoms with Gasteiger partial charge in [-0.2, -0.15) is 0 Å². The monoisotopic (exact) mass is 670 g/mol. The van der Waals surface area contributed by atoms with E-state index in [-0.39, 0.29) is 37.9 Å². The number of aliphatic hydroxyl groups is 1. The molecule has 1 aliphatic rings. The molecule has 3 rings (SSSR count). The second-order valence-corrected chi connectivity index (χ2v) is 13.2. The zero-order valence-corrected chi connectivity index (χ0v) is 28.8. The Hall–Kier alpha value is -3.83. The van der Waals surface area contributed by atoms with Crippen molar-refractivity contribution in [2.24, 2.45) is 5.92 Å². The van der Waals surface area contributed by atoms with Gasteiger partial charge in [0.15, 0.2) is 12.7 Å². The minimum atomic E-state index is -1.68. The highest BCUT2D eigenvalue weighted by molar-refractivity contribution is 5.89. The van der Waals surface area contributed by atoms with E-state index in [1.165, 1.54) is 32.8 Å². The van der Waals surface area contributed by atoms with Crippen LogP contribution in [0.15, 0.2) is 54.6 Å². The number of likely N-dealkylation sites (N-methyl/N-ethyl adjacent to an activating group) is 2. The number of hydrogen-bond donors (Lipinski definition) is 2. The number of alkyl halides is 1. The molecule has 0 heterocycles. The summed E-state index contributed by atoms with van der Waals surface area (Å²) in [4.78, 5) is 54.2. The van der Waals surface area contributed by atoms with Gasteiger partial charge in [0, 0.05) is 26.5 Å². The molecule has 11 heteroatoms. The van der Waals surface area contributed by atoms with E-state index in [9.17, 15) is 28.7 Å². The first-order valence-corrected chi connectivity index (χ1v) is 16.7. The van der Waals surface area contributed by atoms with Crippen molar-refractivity contribution in [1.82, 2.24) is 10.2 Å². The van der Waals surface area contributed by atoms with Crippen molar-refractivity contribution in [3.8, 4) is 0 Å². The molecule has 48 heavy (non-hydrogen) atoms. The van der Waals surface area contributed by atoms with Crippen molar-refractivity contribution in [1.29, 1.82) is 0 Å². The van der Waals surface area contributed by atoms with Gasteiger partial charge in [0.1, 0.15) is 24.4 Å². The predicted octanol–water partition coefficient (Wildman–Crippen LogP) is 4.66. The summed E-state index contributed by atoms with van der Waals surface area (Å²) in [5, 5.41) is 12.2. The van der Waals surface area contributed by atoms with Crippen LogP contribution in [0.5, 0.6) is 0 Å². The fourth-order valence-electron chi connectivity index (χ4n) is 5.56. The van der Waals surface area contributed by atoms with Crippen LogP contribution in [0, 0.1) is 5.92 Å². The van der Waals surface area contributed by atoms with Gasteiger partial charge in [0.05, 0.1) is 0 Å². The van der Waals surface area contributed by atoms with Crippen molar-refractivity contribution >= 4 is 23.8 Å². The van der Waals surface area contributed by atoms with Crippen LogP contribution in [0.4, 0.5) is 4.39 Å². The van der Waals surface area contributed by atoms with Gasteiger partial charge in [0.25, 0.3) is 5.91 Å². The van der Waals surface area contributed by atoms with Crippen LogP contribution in [0.25, 0.3) is 0 Å². The fraction of sp³-hybridized carbons (Fsp3) is 0.568. The lowest BCUT2D eigenvalue weighted by molar-refractivity contribution is -0.169. The topological polar surface area (TPSA) is 131 Å². The number of carbonyl (C=O) groups is 4. The van der Waals surface area contributed by atoms with Gasteiger partial charge in [-0.05, 0) is 68.7 Å². The van der Waals surface area contributed by atoms with Crippen LogP contribution in [0.2, 0.25) is 0 Å². The summed E-state index contributed by atoms with van der Waals surface area (Å²) in [6.45, 7) is 4.25. The third-order valence-electron chi connectivity index (χ3n) is 8.61. The van der Waals surface area contributed by atoms with Crippen LogP contribution in [-0.2, 0) is 46.4 Å². The number of aliphatic hydroxyl groups excluding tert-OH is 1. The highest BCUT2D eigenvalue weighted by Gasteiger charge is 2.39. The zero-order chi connectivity index (χ0) is 35.3. The third kappa shape index (κ3) is 12.6. The number of amides is 1. The fourth-order valence-corrected chi connectivity index (χ4v) is 5.56. The molecule has 0 aliphatic heterocycles. The first-order valence-electron chi connectivity index (χ1n) is 16.7. The van der Waals surface area contributed by atoms with Crippen LogP contribution in [-0.4, -0.2) is 85.0 Å². The number of nitrogens with one attached hydrogen (secondary N) is 1. The summed E-state index contributed by atoms with van der Waals surface area (Å²) in [5.41, 5.74) is 0.869. The molecule has 10 nitrogen and oxygen atoms in total. The number of ether oxygens (including phenoxy) is 3. The molecule has 1 saturated carbocycles. The lowest BCUT2D eigenvalue weighted by Gasteiger charge is -2.31. The molecule has 1 aliphatic carbocycles. The predicted molar refractivity (Wildman–Crippen MR) is 179 cm³/mol. The molecule has 2 aromatic carbocycles. The van der Waals surface area contributed by atoms with Crippen molar-refractivity contribution in [3.05, 3.63) is 71.3 Å². The number of carbonyl (C=O) groups excluding carboxylic acids is 4. The summed E-state index contributed by atoms with van der Waals surface area (Å²) in [7, 11) is 2.97. The first kappa shape index (κ1) is 38.6. The Labute approximate surface area is 283 Å². The van der Waals surface area contributed by atoms with Gasteiger partial charge in [-0.3, -0.25) is 9.59 Å². The molecule has 1 amide bonds. The van der Waals surface area contributed by atoms with E-state index >= 15 is 0 Å². The Morgan fingerprint density at radius 3 is 2.23 bits per heavy atom. The lowest BCUT2D eigenvalue weighted by Crippen LogP contribution is -2.51. The Kier molecular flexibility index (Phi) is 15.0. The quantitative estimate of drug-likeness (QED) is 0.153. The second-order valence-electron chi connectivity index (χ2n) is 13.2. The SMILES string of the molecule is CCC(CCO)c1ccc(C[C@@H](OC(=O)[C@H](CC(C)(C)F)NC)C(=O)N(C)[C@@H](CC2CC2)C(=O)OCC(=O)OCc2ccccc2)cc1. The molecule has 0 radical (unpaired) electrons. The maximum atomic E-state index is 14.5. The molecule has 0 spiro atoms. The minimum Gasteiger partial charge on any atom is -0.458 e. The summed E-state index contributed by atoms with van der Waals surface area (Å²) in [5.74, 6) is -2.51. The number of rotatable bonds is 20. The summed E-state index contributed by atoms with van der Waals surface area (Å²) < 4.78 is 30.8. The van der Waals surface area contributed by atoms with Crippen molar-refractivity contribution in [2.75, 3.05) is 27.3 Å². The number of benzene rings is 2. The van der Waals surface area contributed by atoms with E-state index in [4.69, 9.17) is 14.2 Å². The van der Waals surface area contributed by atoms with Crippen LogP contribution in [0.3, 0.4) is 0 Å². The molecule has 0 aromatic heterocycles. The number of nitrogens with zero attached hydrogens (tertiary/aromatic N) is 1. The zero-order valence-electron chi connectivity index (χ0n) is 28.8. The largest absolute Gasteiger partial charge is 0.458 e. The summed E-state index contributed by atoms with van der Waals surface area (Å²) >= 11 is 0. The normalized spacial score (nSPS) is 15.5. The van der Waals surface area contributed by atoms with Crippen LogP contribution < -0.4 is 5.32 Å². The maximum Gasteiger partial charge on any atom is 0.344 e. The van der Waals surface area contributed by atoms with Gasteiger partial charge in [-0.15, -0.1) is 0 Å². The van der Waals surface area contributed by atoms with Crippen LogP contribution in [0.1, 0.15) is 81.9 Å². The molecule has 264 valence electrons. The number of esters is 3. The molecule has 1 unspecified atom stereocenters. The average molecular weight is 671 g/mol. The standard InChI is InChI=1S/C37H51FN2O8/c1-6-28(18-19-41)29-16-14-26(15-17-29)21-32(48-35(44)30(39-4)22-37(2,3)38)34(43)40(5)31(20-25-12-13-25)36(45)47-24-33(42)46-23-27-10-8-7-9-11-27/h7-11,14-17,25,28,30-32,39,41H,6,12-13,18-24H2,1-5H3/t28?,30-,31-,32+/m0/s1. The third-order valence-corrected chi connectivity index (χ3v) is 8.61. The summed E-state index contributed by atoms with van der Waals surface area (Å²) in [6, 6.07) is 14.6. The van der Waals surface area contributed by atoms with E-state index in [1.807, 2.05) is 49.4 Å². The second kappa shape index (κ2) is 18.6. The molecular weight excluding hydrogens is 619 g/mol. The maximum absolute atomic E-state index is 14.5. The Balaban J connectivity index is 1.77. The van der Waals surface area contributed by atoms with E-state index < -0.39 is 54.3 Å². The number of halogens is 1. The van der Waals surface area contributed by atoms with Crippen molar-refractivity contribution in [3.63, 3.8) is 0 Å². The van der Waals surface area contributed by atoms with Crippen molar-refractivity contribution < 1.29 is 42.9 Å². The molecule has 2 aromatic rings. The highest BCUT2D eigenvalue weighted by Crippen LogP contribution is 2.35. The lowest BCUT2D eigenvalue weighted by atomic mass is 9.92. The average Bonchev–Trinajstić information content (AvgIpc) is 3.90. The molecular formula is C37H51FN2O8. The van der Waals surface area contributed by atoms with Gasteiger partial charge < -0.3 is 29.5 Å². The smallest absolute Gasteiger partial charge is 0.344 e. The van der Waals surface area contributed by atoms with Gasteiger partial charge >= 0.3 is 17.9 Å². The molecule has 2 N–H and O–H groups in total. The first-order chi connectivity index (χ1) is 22.8. The van der Waals surface area contributed by atoms with Gasteiger partial charge in [0.2, 0.25) is 0 Å². The van der Waals surface area contributed by atoms with Gasteiger partial charge in [-0.1, -0.05) is 74.4 Å². The molecule has 1 fully saturated rings. The van der Waals surface area contributed by atoms with Crippen LogP contribution >= 0.6 is 0 Å². The highest BCUT2D eigenvalue weighted by atomic mass is 19.1. The van der Waals surface area contributed by atoms with Crippen molar-refractivity contribution in [2.45, 2.75) is 102 Å². The Morgan fingerprint density at radius 2 is 1.67 bits per heavy atom. The van der Waals surface area contributed by atoms with E-state index in [1.54, 1.807) is 12.1 Å². The Morgan fingerprint density at radius 1 is 1.00 bits per heavy atom. The summed E-state index contributed by atoms with van der Waals surface area (Å²) in [6.07, 6.45) is 2.11. The Bertz CT molecular complexity index is 1330. The molecule has 0 saturated heterocycles. The molecule has 0 bridgehead atoms. The molecule has 4 atom stereocenters. The van der Waals surface area contributed by atoms with Gasteiger partial charge in [-0.25, -0.2) is 14.0 Å².